The lowest BCUT2D eigenvalue weighted by molar-refractivity contribution is -0.121. The lowest BCUT2D eigenvalue weighted by atomic mass is 10.2. The Balaban J connectivity index is 2.25. The van der Waals surface area contributed by atoms with E-state index in [1.54, 1.807) is 7.11 Å². The van der Waals surface area contributed by atoms with Crippen molar-refractivity contribution in [3.63, 3.8) is 0 Å². The van der Waals surface area contributed by atoms with Crippen LogP contribution in [0.15, 0.2) is 18.3 Å². The summed E-state index contributed by atoms with van der Waals surface area (Å²) in [6, 6.07) is 2.44. The van der Waals surface area contributed by atoms with Gasteiger partial charge in [0.05, 0.1) is 6.61 Å². The van der Waals surface area contributed by atoms with E-state index in [0.29, 0.717) is 13.2 Å². The molecule has 1 rings (SSSR count). The van der Waals surface area contributed by atoms with Gasteiger partial charge in [0, 0.05) is 44.4 Å². The molecule has 0 unspecified atom stereocenters. The Hall–Kier alpha value is -2.02. The molecule has 0 atom stereocenters. The summed E-state index contributed by atoms with van der Waals surface area (Å²) < 4.78 is 17.6. The maximum atomic E-state index is 12.8. The molecule has 2 amide bonds. The molecule has 0 aliphatic rings. The van der Waals surface area contributed by atoms with Gasteiger partial charge in [-0.25, -0.2) is 4.98 Å². The fraction of sp³-hybridized carbons (Fsp3) is 0.417. The summed E-state index contributed by atoms with van der Waals surface area (Å²) in [5, 5.41) is 5.14. The van der Waals surface area contributed by atoms with Gasteiger partial charge in [-0.15, -0.1) is 0 Å². The average molecular weight is 269 g/mol. The highest BCUT2D eigenvalue weighted by atomic mass is 19.1. The van der Waals surface area contributed by atoms with Gasteiger partial charge in [0.1, 0.15) is 0 Å². The van der Waals surface area contributed by atoms with Crippen LogP contribution in [0, 0.1) is 5.95 Å². The van der Waals surface area contributed by atoms with E-state index in [4.69, 9.17) is 4.74 Å². The summed E-state index contributed by atoms with van der Waals surface area (Å²) in [6.45, 7) is 1.05. The van der Waals surface area contributed by atoms with Crippen LogP contribution in [0.2, 0.25) is 0 Å². The Morgan fingerprint density at radius 3 is 2.84 bits per heavy atom. The molecule has 0 saturated carbocycles. The molecule has 1 aromatic heterocycles. The second kappa shape index (κ2) is 8.15. The smallest absolute Gasteiger partial charge is 0.251 e. The topological polar surface area (TPSA) is 80.3 Å². The van der Waals surface area contributed by atoms with Gasteiger partial charge in [-0.3, -0.25) is 9.59 Å². The van der Waals surface area contributed by atoms with Crippen molar-refractivity contribution in [3.8, 4) is 0 Å². The lowest BCUT2D eigenvalue weighted by Crippen LogP contribution is -2.32. The van der Waals surface area contributed by atoms with Gasteiger partial charge in [0.25, 0.3) is 5.91 Å². The summed E-state index contributed by atoms with van der Waals surface area (Å²) in [5.74, 6) is -1.34. The molecular weight excluding hydrogens is 253 g/mol. The molecule has 0 aromatic carbocycles. The van der Waals surface area contributed by atoms with Crippen LogP contribution >= 0.6 is 0 Å². The largest absolute Gasteiger partial charge is 0.383 e. The second-order valence-corrected chi connectivity index (χ2v) is 3.72. The number of aromatic nitrogens is 1. The van der Waals surface area contributed by atoms with E-state index in [0.717, 1.165) is 6.07 Å². The zero-order chi connectivity index (χ0) is 14.1. The van der Waals surface area contributed by atoms with Gasteiger partial charge in [0.15, 0.2) is 0 Å². The fourth-order valence-electron chi connectivity index (χ4n) is 1.32. The number of amides is 2. The summed E-state index contributed by atoms with van der Waals surface area (Å²) >= 11 is 0. The number of carbonyl (C=O) groups excluding carboxylic acids is 2. The number of rotatable bonds is 7. The van der Waals surface area contributed by atoms with E-state index in [1.807, 2.05) is 0 Å². The molecule has 0 saturated heterocycles. The SMILES string of the molecule is COCCNC(=O)CCNC(=O)c1ccnc(F)c1. The van der Waals surface area contributed by atoms with Crippen molar-refractivity contribution in [2.24, 2.45) is 0 Å². The number of carbonyl (C=O) groups is 2. The number of methoxy groups -OCH3 is 1. The summed E-state index contributed by atoms with van der Waals surface area (Å²) in [7, 11) is 1.54. The summed E-state index contributed by atoms with van der Waals surface area (Å²) in [6.07, 6.45) is 1.37. The second-order valence-electron chi connectivity index (χ2n) is 3.72. The van der Waals surface area contributed by atoms with Crippen molar-refractivity contribution in [1.82, 2.24) is 15.6 Å². The molecule has 19 heavy (non-hydrogen) atoms. The highest BCUT2D eigenvalue weighted by Gasteiger charge is 2.07. The number of nitrogens with one attached hydrogen (secondary N) is 2. The Labute approximate surface area is 110 Å². The Morgan fingerprint density at radius 1 is 1.37 bits per heavy atom. The van der Waals surface area contributed by atoms with E-state index < -0.39 is 11.9 Å². The monoisotopic (exact) mass is 269 g/mol. The van der Waals surface area contributed by atoms with E-state index in [-0.39, 0.29) is 24.4 Å². The predicted molar refractivity (Wildman–Crippen MR) is 66.0 cm³/mol. The maximum absolute atomic E-state index is 12.8. The van der Waals surface area contributed by atoms with E-state index >= 15 is 0 Å². The van der Waals surface area contributed by atoms with E-state index in [2.05, 4.69) is 15.6 Å². The molecule has 104 valence electrons. The number of hydrogen-bond donors (Lipinski definition) is 2. The summed E-state index contributed by atoms with van der Waals surface area (Å²) in [5.41, 5.74) is 0.173. The summed E-state index contributed by atoms with van der Waals surface area (Å²) in [4.78, 5) is 26.2. The minimum atomic E-state index is -0.718. The third kappa shape index (κ3) is 5.91. The Kier molecular flexibility index (Phi) is 6.45. The molecule has 0 spiro atoms. The number of nitrogens with zero attached hydrogens (tertiary/aromatic N) is 1. The standard InChI is InChI=1S/C12H16FN3O3/c1-19-7-6-15-11(17)3-5-16-12(18)9-2-4-14-10(13)8-9/h2,4,8H,3,5-7H2,1H3,(H,15,17)(H,16,18). The van der Waals surface area contributed by atoms with Crippen LogP contribution in [0.4, 0.5) is 4.39 Å². The average Bonchev–Trinajstić information content (AvgIpc) is 2.39. The van der Waals surface area contributed by atoms with Crippen molar-refractivity contribution >= 4 is 11.8 Å². The van der Waals surface area contributed by atoms with Crippen molar-refractivity contribution < 1.29 is 18.7 Å². The molecule has 0 bridgehead atoms. The van der Waals surface area contributed by atoms with E-state index in [1.165, 1.54) is 12.3 Å². The number of hydrogen-bond acceptors (Lipinski definition) is 4. The van der Waals surface area contributed by atoms with Crippen molar-refractivity contribution in [2.75, 3.05) is 26.8 Å². The minimum Gasteiger partial charge on any atom is -0.383 e. The van der Waals surface area contributed by atoms with Crippen LogP contribution < -0.4 is 10.6 Å². The maximum Gasteiger partial charge on any atom is 0.251 e. The molecule has 1 heterocycles. The molecule has 7 heteroatoms. The molecule has 1 aromatic rings. The molecule has 0 aliphatic heterocycles. The lowest BCUT2D eigenvalue weighted by Gasteiger charge is -2.06. The number of pyridine rings is 1. The Bertz CT molecular complexity index is 440. The number of halogens is 1. The van der Waals surface area contributed by atoms with Crippen LogP contribution in [0.3, 0.4) is 0 Å². The van der Waals surface area contributed by atoms with Gasteiger partial charge in [-0.2, -0.15) is 4.39 Å². The first kappa shape index (κ1) is 15.0. The molecule has 0 aliphatic carbocycles. The third-order valence-corrected chi connectivity index (χ3v) is 2.25. The first-order valence-electron chi connectivity index (χ1n) is 5.79. The molecule has 0 fully saturated rings. The third-order valence-electron chi connectivity index (χ3n) is 2.25. The van der Waals surface area contributed by atoms with E-state index in [9.17, 15) is 14.0 Å². The molecule has 6 nitrogen and oxygen atoms in total. The van der Waals surface area contributed by atoms with Crippen LogP contribution in [0.1, 0.15) is 16.8 Å². The highest BCUT2D eigenvalue weighted by Crippen LogP contribution is 1.99. The van der Waals surface area contributed by atoms with Crippen LogP contribution in [0.25, 0.3) is 0 Å². The van der Waals surface area contributed by atoms with Gasteiger partial charge >= 0.3 is 0 Å². The predicted octanol–water partition coefficient (Wildman–Crippen LogP) is 0.103. The quantitative estimate of drug-likeness (QED) is 0.543. The highest BCUT2D eigenvalue weighted by molar-refractivity contribution is 5.94. The van der Waals surface area contributed by atoms with Gasteiger partial charge < -0.3 is 15.4 Å². The van der Waals surface area contributed by atoms with Crippen LogP contribution in [-0.4, -0.2) is 43.6 Å². The van der Waals surface area contributed by atoms with Crippen LogP contribution in [0.5, 0.6) is 0 Å². The first-order chi connectivity index (χ1) is 9.13. The Morgan fingerprint density at radius 2 is 2.16 bits per heavy atom. The molecule has 2 N–H and O–H groups in total. The van der Waals surface area contributed by atoms with Gasteiger partial charge in [-0.1, -0.05) is 0 Å². The molecule has 0 radical (unpaired) electrons. The fourth-order valence-corrected chi connectivity index (χ4v) is 1.32. The first-order valence-corrected chi connectivity index (χ1v) is 5.79. The van der Waals surface area contributed by atoms with Crippen molar-refractivity contribution in [1.29, 1.82) is 0 Å². The zero-order valence-corrected chi connectivity index (χ0v) is 10.6. The normalized spacial score (nSPS) is 10.0. The minimum absolute atomic E-state index is 0.156. The van der Waals surface area contributed by atoms with Crippen LogP contribution in [-0.2, 0) is 9.53 Å². The number of ether oxygens (including phenoxy) is 1. The zero-order valence-electron chi connectivity index (χ0n) is 10.6. The van der Waals surface area contributed by atoms with Gasteiger partial charge in [-0.05, 0) is 6.07 Å². The van der Waals surface area contributed by atoms with Crippen molar-refractivity contribution in [3.05, 3.63) is 29.8 Å². The van der Waals surface area contributed by atoms with Crippen molar-refractivity contribution in [2.45, 2.75) is 6.42 Å². The molecular formula is C12H16FN3O3. The van der Waals surface area contributed by atoms with Gasteiger partial charge in [0.2, 0.25) is 11.9 Å².